The van der Waals surface area contributed by atoms with Gasteiger partial charge in [0.05, 0.1) is 4.92 Å². The Kier molecular flexibility index (Phi) is 6.08. The fraction of sp³-hybridized carbons (Fsp3) is 0.333. The van der Waals surface area contributed by atoms with Gasteiger partial charge in [-0.2, -0.15) is 0 Å². The van der Waals surface area contributed by atoms with Crippen LogP contribution in [0.1, 0.15) is 12.8 Å². The summed E-state index contributed by atoms with van der Waals surface area (Å²) < 4.78 is 5.02. The summed E-state index contributed by atoms with van der Waals surface area (Å²) in [7, 11) is 0. The fourth-order valence-electron chi connectivity index (χ4n) is 1.46. The van der Waals surface area contributed by atoms with Gasteiger partial charge in [0.2, 0.25) is 0 Å². The first-order valence-corrected chi connectivity index (χ1v) is 6.17. The van der Waals surface area contributed by atoms with E-state index in [1.54, 1.807) is 0 Å². The van der Waals surface area contributed by atoms with Gasteiger partial charge in [0.25, 0.3) is 5.69 Å². The Balaban J connectivity index is 2.44. The predicted octanol–water partition coefficient (Wildman–Crippen LogP) is -0.119. The van der Waals surface area contributed by atoms with E-state index in [0.29, 0.717) is 19.4 Å². The molecule has 0 bridgehead atoms. The molecule has 0 radical (unpaired) electrons. The van der Waals surface area contributed by atoms with Gasteiger partial charge in [-0.3, -0.25) is 15.1 Å². The summed E-state index contributed by atoms with van der Waals surface area (Å²) in [6.07, 6.45) is 0.900. The lowest BCUT2D eigenvalue weighted by molar-refractivity contribution is -0.384. The van der Waals surface area contributed by atoms with Gasteiger partial charge in [-0.25, -0.2) is 4.79 Å². The number of nitrogens with zero attached hydrogens (tertiary/aromatic N) is 2. The zero-order valence-corrected chi connectivity index (χ0v) is 11.3. The standard InChI is InChI=1S/C12H17N5O4/c13-10(2-1-7-16-12(14)15)11(18)21-9-5-3-8(4-6-9)17(19)20/h3-6,10H,1-2,7,13H2,(H4,14,15,16)/t10-/m0/s1. The number of benzene rings is 1. The summed E-state index contributed by atoms with van der Waals surface area (Å²) in [5.74, 6) is -0.434. The van der Waals surface area contributed by atoms with E-state index in [1.807, 2.05) is 0 Å². The molecule has 0 aromatic heterocycles. The fourth-order valence-corrected chi connectivity index (χ4v) is 1.46. The van der Waals surface area contributed by atoms with Crippen LogP contribution >= 0.6 is 0 Å². The molecule has 1 atom stereocenters. The van der Waals surface area contributed by atoms with Gasteiger partial charge >= 0.3 is 5.97 Å². The molecule has 0 fully saturated rings. The van der Waals surface area contributed by atoms with E-state index >= 15 is 0 Å². The first-order chi connectivity index (χ1) is 9.90. The number of rotatable bonds is 7. The third-order valence-electron chi connectivity index (χ3n) is 2.54. The minimum absolute atomic E-state index is 0.0166. The lowest BCUT2D eigenvalue weighted by Gasteiger charge is -2.10. The van der Waals surface area contributed by atoms with Gasteiger partial charge in [0, 0.05) is 18.7 Å². The summed E-state index contributed by atoms with van der Waals surface area (Å²) in [6, 6.07) is 4.35. The second-order valence-electron chi connectivity index (χ2n) is 4.23. The Labute approximate surface area is 120 Å². The van der Waals surface area contributed by atoms with E-state index in [1.165, 1.54) is 24.3 Å². The minimum Gasteiger partial charge on any atom is -0.425 e. The summed E-state index contributed by atoms with van der Waals surface area (Å²) in [4.78, 5) is 25.4. The van der Waals surface area contributed by atoms with Crippen LogP contribution in [0.15, 0.2) is 29.3 Å². The van der Waals surface area contributed by atoms with Gasteiger partial charge < -0.3 is 21.9 Å². The summed E-state index contributed by atoms with van der Waals surface area (Å²) in [6.45, 7) is 0.376. The van der Waals surface area contributed by atoms with Gasteiger partial charge in [-0.1, -0.05) is 0 Å². The number of aliphatic imine (C=N–C) groups is 1. The Morgan fingerprint density at radius 3 is 2.48 bits per heavy atom. The number of hydrogen-bond donors (Lipinski definition) is 3. The number of ether oxygens (including phenoxy) is 1. The highest BCUT2D eigenvalue weighted by Gasteiger charge is 2.16. The van der Waals surface area contributed by atoms with Crippen molar-refractivity contribution >= 4 is 17.6 Å². The average molecular weight is 295 g/mol. The lowest BCUT2D eigenvalue weighted by atomic mass is 10.2. The maximum Gasteiger partial charge on any atom is 0.328 e. The number of nitro benzene ring substituents is 1. The first-order valence-electron chi connectivity index (χ1n) is 6.17. The monoisotopic (exact) mass is 295 g/mol. The van der Waals surface area contributed by atoms with Crippen molar-refractivity contribution in [3.05, 3.63) is 34.4 Å². The number of carbonyl (C=O) groups excluding carboxylic acids is 1. The molecule has 0 aliphatic carbocycles. The second-order valence-corrected chi connectivity index (χ2v) is 4.23. The van der Waals surface area contributed by atoms with E-state index < -0.39 is 16.9 Å². The molecule has 1 aromatic carbocycles. The van der Waals surface area contributed by atoms with E-state index in [9.17, 15) is 14.9 Å². The SMILES string of the molecule is NC(N)=NCCC[C@H](N)C(=O)Oc1ccc([N+](=O)[O-])cc1. The molecule has 0 spiro atoms. The van der Waals surface area contributed by atoms with Crippen molar-refractivity contribution in [3.63, 3.8) is 0 Å². The number of guanidine groups is 1. The largest absolute Gasteiger partial charge is 0.425 e. The molecule has 0 aliphatic heterocycles. The lowest BCUT2D eigenvalue weighted by Crippen LogP contribution is -2.34. The van der Waals surface area contributed by atoms with Crippen molar-refractivity contribution in [2.45, 2.75) is 18.9 Å². The third kappa shape index (κ3) is 5.87. The van der Waals surface area contributed by atoms with Crippen molar-refractivity contribution in [1.82, 2.24) is 0 Å². The van der Waals surface area contributed by atoms with Crippen LogP contribution in [0.25, 0.3) is 0 Å². The molecule has 6 N–H and O–H groups in total. The molecular weight excluding hydrogens is 278 g/mol. The third-order valence-corrected chi connectivity index (χ3v) is 2.54. The van der Waals surface area contributed by atoms with E-state index in [-0.39, 0.29) is 17.4 Å². The number of non-ortho nitro benzene ring substituents is 1. The zero-order valence-electron chi connectivity index (χ0n) is 11.3. The molecule has 0 amide bonds. The summed E-state index contributed by atoms with van der Waals surface area (Å²) >= 11 is 0. The molecule has 9 nitrogen and oxygen atoms in total. The van der Waals surface area contributed by atoms with Gasteiger partial charge in [0.15, 0.2) is 5.96 Å². The van der Waals surface area contributed by atoms with Crippen molar-refractivity contribution in [1.29, 1.82) is 0 Å². The summed E-state index contributed by atoms with van der Waals surface area (Å²) in [5.41, 5.74) is 15.9. The van der Waals surface area contributed by atoms with Gasteiger partial charge in [0.1, 0.15) is 11.8 Å². The topological polar surface area (TPSA) is 160 Å². The average Bonchev–Trinajstić information content (AvgIpc) is 2.43. The molecule has 0 aliphatic rings. The van der Waals surface area contributed by atoms with Crippen LogP contribution in [0, 0.1) is 10.1 Å². The molecule has 0 saturated heterocycles. The number of esters is 1. The molecule has 0 unspecified atom stereocenters. The van der Waals surface area contributed by atoms with Crippen LogP contribution in [0.4, 0.5) is 5.69 Å². The van der Waals surface area contributed by atoms with E-state index in [2.05, 4.69) is 4.99 Å². The minimum atomic E-state index is -0.811. The van der Waals surface area contributed by atoms with Crippen molar-refractivity contribution in [2.24, 2.45) is 22.2 Å². The Hall–Kier alpha value is -2.68. The van der Waals surface area contributed by atoms with Crippen molar-refractivity contribution < 1.29 is 14.5 Å². The van der Waals surface area contributed by atoms with Crippen LogP contribution in [0.3, 0.4) is 0 Å². The highest BCUT2D eigenvalue weighted by Crippen LogP contribution is 2.17. The highest BCUT2D eigenvalue weighted by molar-refractivity contribution is 5.78. The van der Waals surface area contributed by atoms with Gasteiger partial charge in [-0.05, 0) is 25.0 Å². The number of hydrogen-bond acceptors (Lipinski definition) is 6. The highest BCUT2D eigenvalue weighted by atomic mass is 16.6. The van der Waals surface area contributed by atoms with E-state index in [4.69, 9.17) is 21.9 Å². The van der Waals surface area contributed by atoms with Crippen LogP contribution in [0.5, 0.6) is 5.75 Å². The van der Waals surface area contributed by atoms with Crippen LogP contribution in [-0.2, 0) is 4.79 Å². The Morgan fingerprint density at radius 2 is 1.95 bits per heavy atom. The second kappa shape index (κ2) is 7.80. The Bertz CT molecular complexity index is 525. The zero-order chi connectivity index (χ0) is 15.8. The predicted molar refractivity (Wildman–Crippen MR) is 76.6 cm³/mol. The quantitative estimate of drug-likeness (QED) is 0.120. The van der Waals surface area contributed by atoms with Crippen molar-refractivity contribution in [3.8, 4) is 5.75 Å². The van der Waals surface area contributed by atoms with Crippen LogP contribution < -0.4 is 21.9 Å². The van der Waals surface area contributed by atoms with E-state index in [0.717, 1.165) is 0 Å². The molecule has 1 rings (SSSR count). The summed E-state index contributed by atoms with van der Waals surface area (Å²) in [5, 5.41) is 10.5. The number of nitro groups is 1. The first kappa shape index (κ1) is 16.4. The van der Waals surface area contributed by atoms with Crippen molar-refractivity contribution in [2.75, 3.05) is 6.54 Å². The molecule has 1 aromatic rings. The molecule has 114 valence electrons. The van der Waals surface area contributed by atoms with Crippen LogP contribution in [0.2, 0.25) is 0 Å². The maximum atomic E-state index is 11.7. The van der Waals surface area contributed by atoms with Gasteiger partial charge in [-0.15, -0.1) is 0 Å². The molecule has 21 heavy (non-hydrogen) atoms. The normalized spacial score (nSPS) is 11.5. The molecule has 9 heteroatoms. The Morgan fingerprint density at radius 1 is 1.33 bits per heavy atom. The number of nitrogens with two attached hydrogens (primary N) is 3. The molecule has 0 saturated carbocycles. The maximum absolute atomic E-state index is 11.7. The molecular formula is C12H17N5O4. The smallest absolute Gasteiger partial charge is 0.328 e. The number of carbonyl (C=O) groups is 1. The van der Waals surface area contributed by atoms with Crippen LogP contribution in [-0.4, -0.2) is 29.4 Å². The molecule has 0 heterocycles.